The second-order valence-electron chi connectivity index (χ2n) is 6.50. The summed E-state index contributed by atoms with van der Waals surface area (Å²) in [5.74, 6) is 0.0355. The van der Waals surface area contributed by atoms with E-state index in [0.29, 0.717) is 26.3 Å². The first-order valence-electron chi connectivity index (χ1n) is 8.69. The molecule has 25 heavy (non-hydrogen) atoms. The smallest absolute Gasteiger partial charge is 0.246 e. The van der Waals surface area contributed by atoms with Gasteiger partial charge in [-0.05, 0) is 32.4 Å². The van der Waals surface area contributed by atoms with Gasteiger partial charge in [0.25, 0.3) is 0 Å². The molecule has 0 spiro atoms. The van der Waals surface area contributed by atoms with E-state index in [-0.39, 0.29) is 5.91 Å². The minimum atomic E-state index is 0.0355. The molecule has 2 aromatic rings. The van der Waals surface area contributed by atoms with Crippen molar-refractivity contribution in [1.82, 2.24) is 14.7 Å². The van der Waals surface area contributed by atoms with Crippen LogP contribution in [0.1, 0.15) is 28.1 Å². The number of morpholine rings is 1. The highest BCUT2D eigenvalue weighted by Gasteiger charge is 2.15. The quantitative estimate of drug-likeness (QED) is 0.805. The van der Waals surface area contributed by atoms with Crippen LogP contribution in [-0.2, 0) is 16.1 Å². The Morgan fingerprint density at radius 2 is 1.84 bits per heavy atom. The van der Waals surface area contributed by atoms with E-state index in [1.165, 1.54) is 11.1 Å². The lowest BCUT2D eigenvalue weighted by Crippen LogP contribution is -2.39. The van der Waals surface area contributed by atoms with Crippen LogP contribution in [0.15, 0.2) is 30.3 Å². The van der Waals surface area contributed by atoms with Gasteiger partial charge in [0.2, 0.25) is 5.91 Å². The molecule has 1 aromatic heterocycles. The van der Waals surface area contributed by atoms with Gasteiger partial charge in [0.05, 0.1) is 25.5 Å². The van der Waals surface area contributed by atoms with E-state index in [2.05, 4.69) is 36.3 Å². The normalized spacial score (nSPS) is 15.1. The van der Waals surface area contributed by atoms with Gasteiger partial charge in [0.1, 0.15) is 0 Å². The summed E-state index contributed by atoms with van der Waals surface area (Å²) in [4.78, 5) is 14.1. The van der Waals surface area contributed by atoms with Crippen LogP contribution in [-0.4, -0.2) is 46.9 Å². The van der Waals surface area contributed by atoms with Crippen molar-refractivity contribution in [3.8, 4) is 0 Å². The SMILES string of the molecule is Cc1ccc(Cn2nc(C)c(/C=C/C(=O)N3CCOCC3)c2C)cc1. The molecule has 5 heteroatoms. The molecule has 0 unspecified atom stereocenters. The number of hydrogen-bond donors (Lipinski definition) is 0. The zero-order valence-corrected chi connectivity index (χ0v) is 15.2. The molecule has 0 radical (unpaired) electrons. The average molecular weight is 339 g/mol. The Kier molecular flexibility index (Phi) is 5.34. The van der Waals surface area contributed by atoms with Crippen LogP contribution in [0, 0.1) is 20.8 Å². The minimum absolute atomic E-state index is 0.0355. The van der Waals surface area contributed by atoms with E-state index in [1.54, 1.807) is 6.08 Å². The third-order valence-electron chi connectivity index (χ3n) is 4.61. The summed E-state index contributed by atoms with van der Waals surface area (Å²) >= 11 is 0. The minimum Gasteiger partial charge on any atom is -0.378 e. The lowest BCUT2D eigenvalue weighted by atomic mass is 10.1. The summed E-state index contributed by atoms with van der Waals surface area (Å²) in [7, 11) is 0. The third kappa shape index (κ3) is 4.17. The number of carbonyl (C=O) groups is 1. The van der Waals surface area contributed by atoms with Gasteiger partial charge in [-0.25, -0.2) is 0 Å². The van der Waals surface area contributed by atoms with Gasteiger partial charge < -0.3 is 9.64 Å². The lowest BCUT2D eigenvalue weighted by Gasteiger charge is -2.25. The number of hydrogen-bond acceptors (Lipinski definition) is 3. The van der Waals surface area contributed by atoms with Gasteiger partial charge in [-0.2, -0.15) is 5.10 Å². The summed E-state index contributed by atoms with van der Waals surface area (Å²) in [5, 5.41) is 4.64. The lowest BCUT2D eigenvalue weighted by molar-refractivity contribution is -0.129. The van der Waals surface area contributed by atoms with Gasteiger partial charge in [0.15, 0.2) is 0 Å². The second kappa shape index (κ2) is 7.66. The summed E-state index contributed by atoms with van der Waals surface area (Å²) in [6.07, 6.45) is 3.54. The number of benzene rings is 1. The highest BCUT2D eigenvalue weighted by molar-refractivity contribution is 5.92. The molecule has 132 valence electrons. The van der Waals surface area contributed by atoms with Crippen molar-refractivity contribution in [3.63, 3.8) is 0 Å². The van der Waals surface area contributed by atoms with Crippen LogP contribution >= 0.6 is 0 Å². The Hall–Kier alpha value is -2.40. The molecular formula is C20H25N3O2. The van der Waals surface area contributed by atoms with Crippen molar-refractivity contribution in [2.24, 2.45) is 0 Å². The predicted octanol–water partition coefficient (Wildman–Crippen LogP) is 2.73. The maximum absolute atomic E-state index is 12.3. The molecule has 0 saturated carbocycles. The molecule has 3 rings (SSSR count). The monoisotopic (exact) mass is 339 g/mol. The van der Waals surface area contributed by atoms with Crippen LogP contribution in [0.5, 0.6) is 0 Å². The van der Waals surface area contributed by atoms with Gasteiger partial charge in [-0.15, -0.1) is 0 Å². The number of rotatable bonds is 4. The van der Waals surface area contributed by atoms with E-state index >= 15 is 0 Å². The van der Waals surface area contributed by atoms with Gasteiger partial charge in [-0.1, -0.05) is 29.8 Å². The van der Waals surface area contributed by atoms with Crippen molar-refractivity contribution < 1.29 is 9.53 Å². The second-order valence-corrected chi connectivity index (χ2v) is 6.50. The van der Waals surface area contributed by atoms with E-state index in [0.717, 1.165) is 23.5 Å². The van der Waals surface area contributed by atoms with Crippen LogP contribution in [0.3, 0.4) is 0 Å². The van der Waals surface area contributed by atoms with Crippen LogP contribution in [0.25, 0.3) is 6.08 Å². The number of nitrogens with zero attached hydrogens (tertiary/aromatic N) is 3. The molecule has 1 aromatic carbocycles. The summed E-state index contributed by atoms with van der Waals surface area (Å²) in [6, 6.07) is 8.48. The van der Waals surface area contributed by atoms with Crippen molar-refractivity contribution in [3.05, 3.63) is 58.4 Å². The number of amides is 1. The molecule has 1 aliphatic heterocycles. The summed E-state index contributed by atoms with van der Waals surface area (Å²) in [5.41, 5.74) is 5.51. The standard InChI is InChI=1S/C20H25N3O2/c1-15-4-6-18(7-5-15)14-23-17(3)19(16(2)21-23)8-9-20(24)22-10-12-25-13-11-22/h4-9H,10-14H2,1-3H3/b9-8+. The van der Waals surface area contributed by atoms with Crippen molar-refractivity contribution in [1.29, 1.82) is 0 Å². The maximum Gasteiger partial charge on any atom is 0.246 e. The topological polar surface area (TPSA) is 47.4 Å². The first-order valence-corrected chi connectivity index (χ1v) is 8.69. The zero-order valence-electron chi connectivity index (χ0n) is 15.2. The Labute approximate surface area is 148 Å². The Morgan fingerprint density at radius 1 is 1.16 bits per heavy atom. The number of carbonyl (C=O) groups excluding carboxylic acids is 1. The van der Waals surface area contributed by atoms with Gasteiger partial charge >= 0.3 is 0 Å². The molecule has 0 bridgehead atoms. The van der Waals surface area contributed by atoms with E-state index in [1.807, 2.05) is 29.5 Å². The molecular weight excluding hydrogens is 314 g/mol. The van der Waals surface area contributed by atoms with Crippen LogP contribution in [0.4, 0.5) is 0 Å². The van der Waals surface area contributed by atoms with E-state index in [4.69, 9.17) is 4.74 Å². The molecule has 1 saturated heterocycles. The van der Waals surface area contributed by atoms with Crippen molar-refractivity contribution in [2.45, 2.75) is 27.3 Å². The Balaban J connectivity index is 1.73. The largest absolute Gasteiger partial charge is 0.378 e. The Morgan fingerprint density at radius 3 is 2.52 bits per heavy atom. The molecule has 0 N–H and O–H groups in total. The fraction of sp³-hybridized carbons (Fsp3) is 0.400. The fourth-order valence-electron chi connectivity index (χ4n) is 3.02. The summed E-state index contributed by atoms with van der Waals surface area (Å²) in [6.45, 7) is 9.41. The number of aryl methyl sites for hydroxylation is 2. The summed E-state index contributed by atoms with van der Waals surface area (Å²) < 4.78 is 7.29. The molecule has 1 aliphatic rings. The molecule has 1 fully saturated rings. The molecule has 2 heterocycles. The van der Waals surface area contributed by atoms with E-state index < -0.39 is 0 Å². The third-order valence-corrected chi connectivity index (χ3v) is 4.61. The van der Waals surface area contributed by atoms with E-state index in [9.17, 15) is 4.79 Å². The van der Waals surface area contributed by atoms with Crippen LogP contribution < -0.4 is 0 Å². The predicted molar refractivity (Wildman–Crippen MR) is 98.4 cm³/mol. The molecule has 0 aliphatic carbocycles. The first kappa shape index (κ1) is 17.4. The zero-order chi connectivity index (χ0) is 17.8. The first-order chi connectivity index (χ1) is 12.0. The van der Waals surface area contributed by atoms with Crippen molar-refractivity contribution in [2.75, 3.05) is 26.3 Å². The number of ether oxygens (including phenoxy) is 1. The molecule has 5 nitrogen and oxygen atoms in total. The van der Waals surface area contributed by atoms with Gasteiger partial charge in [-0.3, -0.25) is 9.48 Å². The molecule has 0 atom stereocenters. The van der Waals surface area contributed by atoms with Gasteiger partial charge in [0, 0.05) is 30.4 Å². The number of aromatic nitrogens is 2. The highest BCUT2D eigenvalue weighted by Crippen LogP contribution is 2.17. The Bertz CT molecular complexity index is 769. The fourth-order valence-corrected chi connectivity index (χ4v) is 3.02. The highest BCUT2D eigenvalue weighted by atomic mass is 16.5. The van der Waals surface area contributed by atoms with Crippen LogP contribution in [0.2, 0.25) is 0 Å². The average Bonchev–Trinajstić information content (AvgIpc) is 2.89. The molecule has 1 amide bonds. The van der Waals surface area contributed by atoms with Crippen molar-refractivity contribution >= 4 is 12.0 Å². The maximum atomic E-state index is 12.3.